The minimum atomic E-state index is -3.74. The zero-order valence-corrected chi connectivity index (χ0v) is 29.0. The Balaban J connectivity index is 1.15. The Labute approximate surface area is 290 Å². The van der Waals surface area contributed by atoms with Crippen LogP contribution in [0.15, 0.2) is 77.2 Å². The molecule has 0 radical (unpaired) electrons. The lowest BCUT2D eigenvalue weighted by atomic mass is 10.00. The van der Waals surface area contributed by atoms with Crippen molar-refractivity contribution in [2.24, 2.45) is 0 Å². The van der Waals surface area contributed by atoms with E-state index in [1.165, 1.54) is 35.6 Å². The number of carbonyl (C=O) groups is 2. The molecule has 6 rings (SSSR count). The van der Waals surface area contributed by atoms with Crippen LogP contribution in [0.4, 0.5) is 10.1 Å². The van der Waals surface area contributed by atoms with Gasteiger partial charge in [0, 0.05) is 24.1 Å². The molecule has 0 aliphatic heterocycles. The maximum absolute atomic E-state index is 13.7. The van der Waals surface area contributed by atoms with E-state index in [-0.39, 0.29) is 49.9 Å². The van der Waals surface area contributed by atoms with Crippen LogP contribution in [0, 0.1) is 5.82 Å². The Morgan fingerprint density at radius 3 is 2.34 bits per heavy atom. The molecule has 1 aliphatic carbocycles. The van der Waals surface area contributed by atoms with E-state index in [1.54, 1.807) is 19.1 Å². The highest BCUT2D eigenvalue weighted by molar-refractivity contribution is 7.92. The normalized spacial score (nSPS) is 13.1. The van der Waals surface area contributed by atoms with E-state index in [0.29, 0.717) is 46.6 Å². The number of nitrogens with zero attached hydrogens (tertiary/aromatic N) is 1. The maximum Gasteiger partial charge on any atom is 0.338 e. The third-order valence-electron chi connectivity index (χ3n) is 8.66. The van der Waals surface area contributed by atoms with Crippen molar-refractivity contribution in [2.45, 2.75) is 32.3 Å². The molecule has 1 aliphatic rings. The van der Waals surface area contributed by atoms with E-state index < -0.39 is 15.8 Å². The first kappa shape index (κ1) is 35.1. The molecule has 0 atom stereocenters. The molecule has 4 aromatic carbocycles. The van der Waals surface area contributed by atoms with Gasteiger partial charge in [0.15, 0.2) is 0 Å². The number of esters is 1. The summed E-state index contributed by atoms with van der Waals surface area (Å²) in [6.07, 6.45) is 2.93. The minimum absolute atomic E-state index is 0.0534. The number of benzene rings is 4. The highest BCUT2D eigenvalue weighted by atomic mass is 32.2. The fourth-order valence-electron chi connectivity index (χ4n) is 6.13. The second-order valence-electron chi connectivity index (χ2n) is 12.1. The van der Waals surface area contributed by atoms with Gasteiger partial charge in [-0.15, -0.1) is 0 Å². The highest BCUT2D eigenvalue weighted by Gasteiger charge is 2.33. The zero-order valence-electron chi connectivity index (χ0n) is 28.2. The molecule has 0 saturated heterocycles. The number of furan rings is 1. The molecule has 1 N–H and O–H groups in total. The number of amides is 1. The van der Waals surface area contributed by atoms with Crippen molar-refractivity contribution in [1.29, 1.82) is 0 Å². The Morgan fingerprint density at radius 1 is 0.940 bits per heavy atom. The lowest BCUT2D eigenvalue weighted by molar-refractivity contribution is 0.0439. The van der Waals surface area contributed by atoms with Crippen molar-refractivity contribution in [3.8, 4) is 11.3 Å². The largest absolute Gasteiger partial charge is 0.462 e. The van der Waals surface area contributed by atoms with Crippen molar-refractivity contribution < 1.29 is 41.0 Å². The molecule has 0 spiro atoms. The predicted octanol–water partition coefficient (Wildman–Crippen LogP) is 6.81. The second kappa shape index (κ2) is 15.0. The van der Waals surface area contributed by atoms with E-state index in [1.807, 2.05) is 36.4 Å². The SMILES string of the molecule is CCOC(=O)c1ccc(COCCOCCN(c2cc3oc(-c4ccc(F)cc4)c(C(=O)NC)c3cc2C2CC2)S(C)(=O)=O)c2ccccc12. The van der Waals surface area contributed by atoms with Gasteiger partial charge in [-0.2, -0.15) is 0 Å². The third-order valence-corrected chi connectivity index (χ3v) is 9.84. The summed E-state index contributed by atoms with van der Waals surface area (Å²) in [5, 5.41) is 4.90. The molecule has 1 amide bonds. The first-order valence-electron chi connectivity index (χ1n) is 16.5. The van der Waals surface area contributed by atoms with Crippen LogP contribution in [-0.2, 0) is 30.8 Å². The average Bonchev–Trinajstić information content (AvgIpc) is 3.88. The Kier molecular flexibility index (Phi) is 10.5. The number of anilines is 1. The number of hydrogen-bond acceptors (Lipinski definition) is 8. The summed E-state index contributed by atoms with van der Waals surface area (Å²) < 4.78 is 64.4. The Hall–Kier alpha value is -4.78. The number of halogens is 1. The lowest BCUT2D eigenvalue weighted by Crippen LogP contribution is -2.34. The van der Waals surface area contributed by atoms with Crippen molar-refractivity contribution in [2.75, 3.05) is 50.6 Å². The van der Waals surface area contributed by atoms with Gasteiger partial charge >= 0.3 is 5.97 Å². The molecule has 1 saturated carbocycles. The topological polar surface area (TPSA) is 124 Å². The summed E-state index contributed by atoms with van der Waals surface area (Å²) in [4.78, 5) is 25.5. The van der Waals surface area contributed by atoms with Gasteiger partial charge in [-0.1, -0.05) is 30.3 Å². The van der Waals surface area contributed by atoms with Crippen LogP contribution in [0.25, 0.3) is 33.1 Å². The monoisotopic (exact) mass is 702 g/mol. The minimum Gasteiger partial charge on any atom is -0.462 e. The summed E-state index contributed by atoms with van der Waals surface area (Å²) in [6, 6.07) is 20.4. The van der Waals surface area contributed by atoms with Gasteiger partial charge in [0.25, 0.3) is 5.91 Å². The predicted molar refractivity (Wildman–Crippen MR) is 190 cm³/mol. The fourth-order valence-corrected chi connectivity index (χ4v) is 7.05. The number of rotatable bonds is 15. The van der Waals surface area contributed by atoms with E-state index in [2.05, 4.69) is 5.32 Å². The van der Waals surface area contributed by atoms with Gasteiger partial charge in [0.1, 0.15) is 17.2 Å². The molecule has 262 valence electrons. The number of fused-ring (bicyclic) bond motifs is 2. The van der Waals surface area contributed by atoms with Gasteiger partial charge in [0.05, 0.1) is 62.6 Å². The third kappa shape index (κ3) is 7.52. The number of nitrogens with one attached hydrogen (secondary N) is 1. The number of hydrogen-bond donors (Lipinski definition) is 1. The first-order chi connectivity index (χ1) is 24.1. The standard InChI is InChI=1S/C38H39FN2O8S/c1-4-48-38(43)30-16-13-26(28-7-5-6-8-29(28)30)23-47-20-19-46-18-17-41(50(3,44)45)33-22-34-32(21-31(33)24-9-10-24)35(37(42)40-2)36(49-34)25-11-14-27(39)15-12-25/h5-8,11-16,21-22,24H,4,9-10,17-20,23H2,1-3H3,(H,40,42). The van der Waals surface area contributed by atoms with Gasteiger partial charge in [-0.25, -0.2) is 17.6 Å². The molecule has 0 bridgehead atoms. The average molecular weight is 703 g/mol. The molecule has 1 fully saturated rings. The van der Waals surface area contributed by atoms with E-state index in [0.717, 1.165) is 41.0 Å². The molecule has 50 heavy (non-hydrogen) atoms. The van der Waals surface area contributed by atoms with Crippen molar-refractivity contribution in [3.63, 3.8) is 0 Å². The van der Waals surface area contributed by atoms with Crippen molar-refractivity contribution in [1.82, 2.24) is 5.32 Å². The van der Waals surface area contributed by atoms with Gasteiger partial charge in [-0.3, -0.25) is 9.10 Å². The molecule has 0 unspecified atom stereocenters. The van der Waals surface area contributed by atoms with Crippen LogP contribution < -0.4 is 9.62 Å². The van der Waals surface area contributed by atoms with Crippen molar-refractivity contribution in [3.05, 3.63) is 101 Å². The van der Waals surface area contributed by atoms with Crippen LogP contribution in [0.1, 0.15) is 57.5 Å². The van der Waals surface area contributed by atoms with E-state index in [4.69, 9.17) is 18.6 Å². The van der Waals surface area contributed by atoms with Crippen LogP contribution in [0.5, 0.6) is 0 Å². The maximum atomic E-state index is 13.7. The number of carbonyl (C=O) groups excluding carboxylic acids is 2. The Morgan fingerprint density at radius 2 is 1.66 bits per heavy atom. The Bertz CT molecular complexity index is 2140. The van der Waals surface area contributed by atoms with Gasteiger partial charge < -0.3 is 23.9 Å². The summed E-state index contributed by atoms with van der Waals surface area (Å²) >= 11 is 0. The smallest absolute Gasteiger partial charge is 0.338 e. The summed E-state index contributed by atoms with van der Waals surface area (Å²) in [5.74, 6) is -0.745. The quantitative estimate of drug-likeness (QED) is 0.0933. The molecule has 1 heterocycles. The second-order valence-corrected chi connectivity index (χ2v) is 14.0. The molecule has 1 aromatic heterocycles. The summed E-state index contributed by atoms with van der Waals surface area (Å²) in [7, 11) is -2.21. The van der Waals surface area contributed by atoms with Gasteiger partial charge in [-0.05, 0) is 84.0 Å². The van der Waals surface area contributed by atoms with Crippen LogP contribution in [0.2, 0.25) is 0 Å². The fraction of sp³-hybridized carbons (Fsp3) is 0.316. The zero-order chi connectivity index (χ0) is 35.4. The molecular weight excluding hydrogens is 663 g/mol. The van der Waals surface area contributed by atoms with Crippen LogP contribution in [-0.4, -0.2) is 66.6 Å². The van der Waals surface area contributed by atoms with E-state index >= 15 is 0 Å². The van der Waals surface area contributed by atoms with Crippen molar-refractivity contribution >= 4 is 49.3 Å². The lowest BCUT2D eigenvalue weighted by Gasteiger charge is -2.25. The molecule has 12 heteroatoms. The summed E-state index contributed by atoms with van der Waals surface area (Å²) in [6.45, 7) is 3.03. The summed E-state index contributed by atoms with van der Waals surface area (Å²) in [5.41, 5.74) is 3.87. The molecule has 5 aromatic rings. The molecular formula is C38H39FN2O8S. The first-order valence-corrected chi connectivity index (χ1v) is 18.3. The number of ether oxygens (including phenoxy) is 3. The highest BCUT2D eigenvalue weighted by Crippen LogP contribution is 2.48. The van der Waals surface area contributed by atoms with Crippen LogP contribution >= 0.6 is 0 Å². The van der Waals surface area contributed by atoms with E-state index in [9.17, 15) is 22.4 Å². The van der Waals surface area contributed by atoms with Gasteiger partial charge in [0.2, 0.25) is 10.0 Å². The molecule has 10 nitrogen and oxygen atoms in total. The van der Waals surface area contributed by atoms with Crippen LogP contribution in [0.3, 0.4) is 0 Å². The number of sulfonamides is 1.